The second-order valence-electron chi connectivity index (χ2n) is 5.20. The lowest BCUT2D eigenvalue weighted by atomic mass is 10.2. The molecule has 4 heterocycles. The standard InChI is InChI=1S/C14H14N6O2S/c21-14(22)19-5-3-18(4-6-19)13-15-8-10(11-2-1-7-23-11)12-16-9-17-20(12)13/h1-2,7-9H,3-6H2,(H,21,22). The number of carboxylic acid groups (broad SMARTS) is 1. The Bertz CT molecular complexity index is 838. The molecule has 4 rings (SSSR count). The number of hydrogen-bond donors (Lipinski definition) is 1. The third-order valence-electron chi connectivity index (χ3n) is 3.91. The van der Waals surface area contributed by atoms with Gasteiger partial charge in [-0.25, -0.2) is 14.8 Å². The van der Waals surface area contributed by atoms with Crippen molar-refractivity contribution < 1.29 is 9.90 Å². The molecule has 1 saturated heterocycles. The Morgan fingerprint density at radius 2 is 2.04 bits per heavy atom. The molecular formula is C14H14N6O2S. The minimum absolute atomic E-state index is 0.458. The molecule has 0 unspecified atom stereocenters. The first kappa shape index (κ1) is 13.9. The molecular weight excluding hydrogens is 316 g/mol. The molecule has 1 amide bonds. The van der Waals surface area contributed by atoms with Crippen molar-refractivity contribution in [2.45, 2.75) is 0 Å². The third-order valence-corrected chi connectivity index (χ3v) is 4.81. The first-order valence-corrected chi connectivity index (χ1v) is 8.07. The molecule has 1 fully saturated rings. The highest BCUT2D eigenvalue weighted by atomic mass is 32.1. The average molecular weight is 330 g/mol. The molecule has 23 heavy (non-hydrogen) atoms. The summed E-state index contributed by atoms with van der Waals surface area (Å²) in [5.41, 5.74) is 1.71. The summed E-state index contributed by atoms with van der Waals surface area (Å²) < 4.78 is 1.73. The van der Waals surface area contributed by atoms with Gasteiger partial charge >= 0.3 is 6.09 Å². The molecule has 1 aliphatic heterocycles. The first-order chi connectivity index (χ1) is 11.2. The maximum Gasteiger partial charge on any atom is 0.407 e. The minimum atomic E-state index is -0.878. The first-order valence-electron chi connectivity index (χ1n) is 7.19. The van der Waals surface area contributed by atoms with Gasteiger partial charge in [0.05, 0.1) is 5.56 Å². The van der Waals surface area contributed by atoms with Crippen LogP contribution in [0, 0.1) is 0 Å². The van der Waals surface area contributed by atoms with Crippen LogP contribution in [0.25, 0.3) is 16.1 Å². The number of carbonyl (C=O) groups is 1. The van der Waals surface area contributed by atoms with Crippen LogP contribution < -0.4 is 4.90 Å². The van der Waals surface area contributed by atoms with Crippen LogP contribution in [0.4, 0.5) is 10.7 Å². The maximum absolute atomic E-state index is 11.0. The number of piperazine rings is 1. The number of hydrogen-bond acceptors (Lipinski definition) is 6. The molecule has 0 atom stereocenters. The van der Waals surface area contributed by atoms with Gasteiger partial charge in [-0.05, 0) is 11.4 Å². The van der Waals surface area contributed by atoms with E-state index in [1.165, 1.54) is 11.2 Å². The summed E-state index contributed by atoms with van der Waals surface area (Å²) in [4.78, 5) is 24.5. The molecule has 3 aromatic heterocycles. The molecule has 9 heteroatoms. The third kappa shape index (κ3) is 2.38. The Morgan fingerprint density at radius 3 is 2.74 bits per heavy atom. The Kier molecular flexibility index (Phi) is 3.34. The van der Waals surface area contributed by atoms with Gasteiger partial charge in [0.15, 0.2) is 5.65 Å². The Balaban J connectivity index is 1.69. The zero-order chi connectivity index (χ0) is 15.8. The van der Waals surface area contributed by atoms with Crippen LogP contribution in [0.2, 0.25) is 0 Å². The largest absolute Gasteiger partial charge is 0.465 e. The van der Waals surface area contributed by atoms with E-state index in [1.807, 2.05) is 28.6 Å². The topological polar surface area (TPSA) is 86.9 Å². The monoisotopic (exact) mass is 330 g/mol. The predicted molar refractivity (Wildman–Crippen MR) is 85.9 cm³/mol. The smallest absolute Gasteiger partial charge is 0.407 e. The summed E-state index contributed by atoms with van der Waals surface area (Å²) in [7, 11) is 0. The van der Waals surface area contributed by atoms with Crippen molar-refractivity contribution in [3.8, 4) is 10.4 Å². The van der Waals surface area contributed by atoms with Crippen molar-refractivity contribution in [1.82, 2.24) is 24.5 Å². The Labute approximate surface area is 135 Å². The quantitative estimate of drug-likeness (QED) is 0.769. The number of fused-ring (bicyclic) bond motifs is 1. The van der Waals surface area contributed by atoms with E-state index < -0.39 is 6.09 Å². The van der Waals surface area contributed by atoms with Crippen molar-refractivity contribution in [2.75, 3.05) is 31.1 Å². The van der Waals surface area contributed by atoms with Crippen molar-refractivity contribution in [3.05, 3.63) is 30.0 Å². The van der Waals surface area contributed by atoms with Gasteiger partial charge in [0.1, 0.15) is 6.33 Å². The summed E-state index contributed by atoms with van der Waals surface area (Å²) in [6, 6.07) is 4.02. The van der Waals surface area contributed by atoms with E-state index in [1.54, 1.807) is 15.9 Å². The number of amides is 1. The molecule has 0 saturated carbocycles. The number of anilines is 1. The highest BCUT2D eigenvalue weighted by Crippen LogP contribution is 2.29. The van der Waals surface area contributed by atoms with Crippen LogP contribution in [-0.4, -0.2) is 61.9 Å². The van der Waals surface area contributed by atoms with E-state index in [2.05, 4.69) is 15.1 Å². The van der Waals surface area contributed by atoms with Gasteiger partial charge in [-0.3, -0.25) is 0 Å². The zero-order valence-corrected chi connectivity index (χ0v) is 13.0. The highest BCUT2D eigenvalue weighted by Gasteiger charge is 2.24. The second-order valence-corrected chi connectivity index (χ2v) is 6.15. The fourth-order valence-corrected chi connectivity index (χ4v) is 3.46. The number of aromatic nitrogens is 4. The van der Waals surface area contributed by atoms with Crippen LogP contribution in [0.1, 0.15) is 0 Å². The molecule has 1 N–H and O–H groups in total. The van der Waals surface area contributed by atoms with E-state index >= 15 is 0 Å². The fourth-order valence-electron chi connectivity index (χ4n) is 2.73. The summed E-state index contributed by atoms with van der Waals surface area (Å²) in [5, 5.41) is 15.4. The van der Waals surface area contributed by atoms with E-state index in [4.69, 9.17) is 5.11 Å². The summed E-state index contributed by atoms with van der Waals surface area (Å²) in [6.45, 7) is 2.10. The normalized spacial score (nSPS) is 15.3. The van der Waals surface area contributed by atoms with Crippen LogP contribution in [0.3, 0.4) is 0 Å². The van der Waals surface area contributed by atoms with Gasteiger partial charge in [0.2, 0.25) is 5.95 Å². The lowest BCUT2D eigenvalue weighted by Gasteiger charge is -2.33. The molecule has 0 aliphatic carbocycles. The van der Waals surface area contributed by atoms with Crippen molar-refractivity contribution in [3.63, 3.8) is 0 Å². The van der Waals surface area contributed by atoms with Crippen molar-refractivity contribution in [2.24, 2.45) is 0 Å². The summed E-state index contributed by atoms with van der Waals surface area (Å²) >= 11 is 1.63. The maximum atomic E-state index is 11.0. The molecule has 0 spiro atoms. The van der Waals surface area contributed by atoms with Gasteiger partial charge in [-0.15, -0.1) is 11.3 Å². The van der Waals surface area contributed by atoms with Crippen LogP contribution in [0.15, 0.2) is 30.0 Å². The minimum Gasteiger partial charge on any atom is -0.465 e. The van der Waals surface area contributed by atoms with Gasteiger partial charge in [0, 0.05) is 37.3 Å². The van der Waals surface area contributed by atoms with E-state index in [0.29, 0.717) is 32.1 Å². The van der Waals surface area contributed by atoms with E-state index in [-0.39, 0.29) is 0 Å². The fraction of sp³-hybridized carbons (Fsp3) is 0.286. The summed E-state index contributed by atoms with van der Waals surface area (Å²) in [6.07, 6.45) is 2.46. The van der Waals surface area contributed by atoms with Gasteiger partial charge < -0.3 is 14.9 Å². The van der Waals surface area contributed by atoms with Gasteiger partial charge in [0.25, 0.3) is 0 Å². The lowest BCUT2D eigenvalue weighted by Crippen LogP contribution is -2.49. The van der Waals surface area contributed by atoms with Crippen molar-refractivity contribution >= 4 is 29.0 Å². The average Bonchev–Trinajstić information content (AvgIpc) is 3.25. The van der Waals surface area contributed by atoms with Gasteiger partial charge in [-0.2, -0.15) is 9.61 Å². The number of rotatable bonds is 2. The summed E-state index contributed by atoms with van der Waals surface area (Å²) in [5.74, 6) is 0.697. The molecule has 8 nitrogen and oxygen atoms in total. The lowest BCUT2D eigenvalue weighted by molar-refractivity contribution is 0.142. The van der Waals surface area contributed by atoms with Crippen LogP contribution in [0.5, 0.6) is 0 Å². The molecule has 1 aliphatic rings. The highest BCUT2D eigenvalue weighted by molar-refractivity contribution is 7.13. The Morgan fingerprint density at radius 1 is 1.22 bits per heavy atom. The number of thiophene rings is 1. The second kappa shape index (κ2) is 5.51. The molecule has 3 aromatic rings. The number of nitrogens with zero attached hydrogens (tertiary/aromatic N) is 6. The van der Waals surface area contributed by atoms with E-state index in [0.717, 1.165) is 16.1 Å². The molecule has 118 valence electrons. The molecule has 0 aromatic carbocycles. The van der Waals surface area contributed by atoms with E-state index in [9.17, 15) is 4.79 Å². The van der Waals surface area contributed by atoms with Crippen LogP contribution in [-0.2, 0) is 0 Å². The molecule has 0 bridgehead atoms. The molecule has 0 radical (unpaired) electrons. The van der Waals surface area contributed by atoms with Gasteiger partial charge in [-0.1, -0.05) is 6.07 Å². The zero-order valence-electron chi connectivity index (χ0n) is 12.2. The predicted octanol–water partition coefficient (Wildman–Crippen LogP) is 1.65. The van der Waals surface area contributed by atoms with Crippen LogP contribution >= 0.6 is 11.3 Å². The SMILES string of the molecule is O=C(O)N1CCN(c2ncc(-c3cccs3)c3ncnn23)CC1. The van der Waals surface area contributed by atoms with Crippen molar-refractivity contribution in [1.29, 1.82) is 0 Å². The Hall–Kier alpha value is -2.68.